The molecule has 7 heteroatoms. The van der Waals surface area contributed by atoms with Gasteiger partial charge in [0, 0.05) is 12.1 Å². The lowest BCUT2D eigenvalue weighted by Crippen LogP contribution is -2.31. The number of ether oxygens (including phenoxy) is 1. The Morgan fingerprint density at radius 1 is 0.968 bits per heavy atom. The first-order chi connectivity index (χ1) is 14.9. The first-order valence-electron chi connectivity index (χ1n) is 9.99. The average molecular weight is 439 g/mol. The number of nitrogens with zero attached hydrogens (tertiary/aromatic N) is 1. The van der Waals surface area contributed by atoms with Crippen LogP contribution in [-0.4, -0.2) is 28.0 Å². The zero-order valence-corrected chi connectivity index (χ0v) is 18.6. The Hall–Kier alpha value is -3.32. The number of nitrogens with one attached hydrogen (secondary N) is 1. The maximum Gasteiger partial charge on any atom is 0.264 e. The predicted octanol–water partition coefficient (Wildman–Crippen LogP) is 4.40. The fraction of sp³-hybridized carbons (Fsp3) is 0.208. The molecule has 0 unspecified atom stereocenters. The first kappa shape index (κ1) is 22.4. The van der Waals surface area contributed by atoms with Crippen LogP contribution < -0.4 is 14.4 Å². The van der Waals surface area contributed by atoms with Crippen LogP contribution in [0.15, 0.2) is 83.8 Å². The lowest BCUT2D eigenvalue weighted by molar-refractivity contribution is 0.0940. The first-order valence-corrected chi connectivity index (χ1v) is 11.4. The van der Waals surface area contributed by atoms with E-state index >= 15 is 0 Å². The molecule has 31 heavy (non-hydrogen) atoms. The Balaban J connectivity index is 1.74. The van der Waals surface area contributed by atoms with Crippen LogP contribution in [0.4, 0.5) is 5.69 Å². The van der Waals surface area contributed by atoms with E-state index in [1.54, 1.807) is 68.6 Å². The third-order valence-corrected chi connectivity index (χ3v) is 6.92. The highest BCUT2D eigenvalue weighted by atomic mass is 32.2. The summed E-state index contributed by atoms with van der Waals surface area (Å²) in [7, 11) is -2.07. The molecule has 6 nitrogen and oxygen atoms in total. The van der Waals surface area contributed by atoms with Gasteiger partial charge in [-0.3, -0.25) is 9.10 Å². The van der Waals surface area contributed by atoms with Crippen molar-refractivity contribution in [3.63, 3.8) is 0 Å². The molecule has 1 atom stereocenters. The van der Waals surface area contributed by atoms with Crippen molar-refractivity contribution in [2.24, 2.45) is 0 Å². The molecule has 0 aliphatic carbocycles. The van der Waals surface area contributed by atoms with Crippen molar-refractivity contribution in [3.8, 4) is 5.75 Å². The molecule has 0 fully saturated rings. The average Bonchev–Trinajstić information content (AvgIpc) is 2.80. The third kappa shape index (κ3) is 5.06. The van der Waals surface area contributed by atoms with E-state index in [0.29, 0.717) is 11.3 Å². The van der Waals surface area contributed by atoms with Crippen molar-refractivity contribution < 1.29 is 17.9 Å². The minimum atomic E-state index is -3.68. The predicted molar refractivity (Wildman–Crippen MR) is 122 cm³/mol. The maximum atomic E-state index is 13.0. The van der Waals surface area contributed by atoms with Gasteiger partial charge in [-0.15, -0.1) is 0 Å². The van der Waals surface area contributed by atoms with Crippen LogP contribution in [0.3, 0.4) is 0 Å². The number of carbonyl (C=O) groups excluding carboxylic acids is 1. The summed E-state index contributed by atoms with van der Waals surface area (Å²) in [6, 6.07) is 22.2. The van der Waals surface area contributed by atoms with E-state index in [4.69, 9.17) is 4.74 Å². The lowest BCUT2D eigenvalue weighted by Gasteiger charge is -2.23. The standard InChI is InChI=1S/C24H26N2O4S/c1-4-26(31(28,29)23-8-6-5-7-9-23)21-14-10-20(11-15-21)24(27)25-18(2)19-12-16-22(30-3)17-13-19/h5-18H,4H2,1-3H3,(H,25,27)/t18-/m0/s1. The van der Waals surface area contributed by atoms with Gasteiger partial charge in [-0.25, -0.2) is 8.42 Å². The summed E-state index contributed by atoms with van der Waals surface area (Å²) in [4.78, 5) is 12.9. The molecule has 162 valence electrons. The Morgan fingerprint density at radius 2 is 1.58 bits per heavy atom. The smallest absolute Gasteiger partial charge is 0.264 e. The number of sulfonamides is 1. The van der Waals surface area contributed by atoms with Gasteiger partial charge in [-0.1, -0.05) is 30.3 Å². The zero-order valence-electron chi connectivity index (χ0n) is 17.8. The Morgan fingerprint density at radius 3 is 2.13 bits per heavy atom. The minimum absolute atomic E-state index is 0.191. The number of hydrogen-bond donors (Lipinski definition) is 1. The SMILES string of the molecule is CCN(c1ccc(C(=O)N[C@@H](C)c2ccc(OC)cc2)cc1)S(=O)(=O)c1ccccc1. The van der Waals surface area contributed by atoms with Crippen LogP contribution in [0.1, 0.15) is 35.8 Å². The molecular weight excluding hydrogens is 412 g/mol. The third-order valence-electron chi connectivity index (χ3n) is 5.00. The second-order valence-electron chi connectivity index (χ2n) is 7.00. The van der Waals surface area contributed by atoms with Gasteiger partial charge in [0.25, 0.3) is 15.9 Å². The minimum Gasteiger partial charge on any atom is -0.497 e. The normalized spacial score (nSPS) is 12.1. The number of amides is 1. The number of rotatable bonds is 8. The summed E-state index contributed by atoms with van der Waals surface area (Å²) in [6.45, 7) is 3.95. The van der Waals surface area contributed by atoms with Crippen LogP contribution in [0, 0.1) is 0 Å². The summed E-state index contributed by atoms with van der Waals surface area (Å²) in [6.07, 6.45) is 0. The van der Waals surface area contributed by atoms with Crippen LogP contribution in [0.25, 0.3) is 0 Å². The van der Waals surface area contributed by atoms with Gasteiger partial charge < -0.3 is 10.1 Å². The van der Waals surface area contributed by atoms with E-state index < -0.39 is 10.0 Å². The molecule has 3 rings (SSSR count). The summed E-state index contributed by atoms with van der Waals surface area (Å²) in [5.41, 5.74) is 1.92. The molecule has 0 aliphatic heterocycles. The molecule has 1 amide bonds. The summed E-state index contributed by atoms with van der Waals surface area (Å²) >= 11 is 0. The molecule has 3 aromatic carbocycles. The van der Waals surface area contributed by atoms with Gasteiger partial charge in [0.2, 0.25) is 0 Å². The molecule has 0 aromatic heterocycles. The van der Waals surface area contributed by atoms with E-state index in [1.807, 2.05) is 31.2 Å². The quantitative estimate of drug-likeness (QED) is 0.566. The van der Waals surface area contributed by atoms with Gasteiger partial charge in [0.15, 0.2) is 0 Å². The summed E-state index contributed by atoms with van der Waals surface area (Å²) < 4.78 is 32.4. The number of benzene rings is 3. The molecule has 1 N–H and O–H groups in total. The van der Waals surface area contributed by atoms with E-state index in [-0.39, 0.29) is 23.4 Å². The maximum absolute atomic E-state index is 13.0. The highest BCUT2D eigenvalue weighted by Gasteiger charge is 2.23. The van der Waals surface area contributed by atoms with Gasteiger partial charge in [0.05, 0.1) is 23.7 Å². The van der Waals surface area contributed by atoms with Crippen LogP contribution >= 0.6 is 0 Å². The van der Waals surface area contributed by atoms with Crippen LogP contribution in [-0.2, 0) is 10.0 Å². The number of methoxy groups -OCH3 is 1. The van der Waals surface area contributed by atoms with E-state index in [9.17, 15) is 13.2 Å². The molecule has 0 bridgehead atoms. The summed E-state index contributed by atoms with van der Waals surface area (Å²) in [5.74, 6) is 0.521. The van der Waals surface area contributed by atoms with E-state index in [0.717, 1.165) is 11.3 Å². The molecular formula is C24H26N2O4S. The zero-order chi connectivity index (χ0) is 22.4. The van der Waals surface area contributed by atoms with Crippen molar-refractivity contribution in [3.05, 3.63) is 90.0 Å². The molecule has 3 aromatic rings. The fourth-order valence-electron chi connectivity index (χ4n) is 3.25. The topological polar surface area (TPSA) is 75.7 Å². The Kier molecular flexibility index (Phi) is 6.97. The fourth-order valence-corrected chi connectivity index (χ4v) is 4.74. The van der Waals surface area contributed by atoms with Gasteiger partial charge in [-0.2, -0.15) is 0 Å². The molecule has 0 heterocycles. The van der Waals surface area contributed by atoms with Crippen molar-refractivity contribution in [2.75, 3.05) is 18.0 Å². The van der Waals surface area contributed by atoms with Crippen molar-refractivity contribution in [1.82, 2.24) is 5.32 Å². The monoisotopic (exact) mass is 438 g/mol. The Bertz CT molecular complexity index is 1110. The van der Waals surface area contributed by atoms with Crippen LogP contribution in [0.5, 0.6) is 5.75 Å². The molecule has 0 saturated carbocycles. The number of hydrogen-bond acceptors (Lipinski definition) is 4. The van der Waals surface area contributed by atoms with Crippen molar-refractivity contribution in [1.29, 1.82) is 0 Å². The van der Waals surface area contributed by atoms with Crippen molar-refractivity contribution in [2.45, 2.75) is 24.8 Å². The lowest BCUT2D eigenvalue weighted by atomic mass is 10.1. The number of anilines is 1. The second-order valence-corrected chi connectivity index (χ2v) is 8.86. The number of carbonyl (C=O) groups is 1. The second kappa shape index (κ2) is 9.66. The van der Waals surface area contributed by atoms with Gasteiger partial charge in [0.1, 0.15) is 5.75 Å². The molecule has 0 aliphatic rings. The Labute approximate surface area is 183 Å². The van der Waals surface area contributed by atoms with Crippen molar-refractivity contribution >= 4 is 21.6 Å². The highest BCUT2D eigenvalue weighted by molar-refractivity contribution is 7.92. The molecule has 0 spiro atoms. The summed E-state index contributed by atoms with van der Waals surface area (Å²) in [5, 5.41) is 2.96. The highest BCUT2D eigenvalue weighted by Crippen LogP contribution is 2.24. The van der Waals surface area contributed by atoms with Gasteiger partial charge >= 0.3 is 0 Å². The van der Waals surface area contributed by atoms with Crippen LogP contribution in [0.2, 0.25) is 0 Å². The molecule has 0 saturated heterocycles. The molecule has 0 radical (unpaired) electrons. The largest absolute Gasteiger partial charge is 0.497 e. The van der Waals surface area contributed by atoms with E-state index in [1.165, 1.54) is 4.31 Å². The van der Waals surface area contributed by atoms with Gasteiger partial charge in [-0.05, 0) is 67.9 Å². The van der Waals surface area contributed by atoms with E-state index in [2.05, 4.69) is 5.32 Å².